The number of benzene rings is 1. The molecule has 1 aromatic carbocycles. The molecule has 0 bridgehead atoms. The number of halogens is 1. The number of nitrogens with zero attached hydrogens (tertiary/aromatic N) is 1. The van der Waals surface area contributed by atoms with E-state index in [4.69, 9.17) is 17.3 Å². The average molecular weight is 267 g/mol. The number of rotatable bonds is 3. The molecule has 98 valence electrons. The van der Waals surface area contributed by atoms with E-state index in [9.17, 15) is 4.79 Å². The van der Waals surface area contributed by atoms with E-state index in [-0.39, 0.29) is 17.4 Å². The van der Waals surface area contributed by atoms with Crippen molar-refractivity contribution < 1.29 is 4.79 Å². The maximum absolute atomic E-state index is 11.8. The monoisotopic (exact) mass is 266 g/mol. The highest BCUT2D eigenvalue weighted by molar-refractivity contribution is 6.30. The molecule has 2 N–H and O–H groups in total. The Hall–Kier alpha value is -1.06. The van der Waals surface area contributed by atoms with Crippen LogP contribution in [0.15, 0.2) is 24.3 Å². The zero-order valence-electron chi connectivity index (χ0n) is 10.8. The van der Waals surface area contributed by atoms with E-state index < -0.39 is 0 Å². The summed E-state index contributed by atoms with van der Waals surface area (Å²) in [4.78, 5) is 13.6. The molecule has 0 spiro atoms. The quantitative estimate of drug-likeness (QED) is 0.912. The van der Waals surface area contributed by atoms with E-state index >= 15 is 0 Å². The fourth-order valence-electron chi connectivity index (χ4n) is 2.43. The predicted molar refractivity (Wildman–Crippen MR) is 73.7 cm³/mol. The molecule has 1 heterocycles. The number of carbonyl (C=O) groups is 1. The van der Waals surface area contributed by atoms with Crippen molar-refractivity contribution in [3.8, 4) is 0 Å². The van der Waals surface area contributed by atoms with Gasteiger partial charge in [-0.3, -0.25) is 4.79 Å². The van der Waals surface area contributed by atoms with E-state index in [1.807, 2.05) is 29.2 Å². The third-order valence-corrected chi connectivity index (χ3v) is 3.67. The summed E-state index contributed by atoms with van der Waals surface area (Å²) in [5.41, 5.74) is 6.84. The van der Waals surface area contributed by atoms with Crippen molar-refractivity contribution in [1.29, 1.82) is 0 Å². The third kappa shape index (κ3) is 2.85. The van der Waals surface area contributed by atoms with Gasteiger partial charge >= 0.3 is 0 Å². The fraction of sp³-hybridized carbons (Fsp3) is 0.500. The number of likely N-dealkylation sites (tertiary alicyclic amines) is 1. The first-order valence-electron chi connectivity index (χ1n) is 6.18. The van der Waals surface area contributed by atoms with E-state index in [0.717, 1.165) is 10.6 Å². The minimum Gasteiger partial charge on any atom is -0.340 e. The van der Waals surface area contributed by atoms with Crippen molar-refractivity contribution in [1.82, 2.24) is 4.90 Å². The Bertz CT molecular complexity index is 459. The van der Waals surface area contributed by atoms with E-state index in [1.54, 1.807) is 0 Å². The number of carbonyl (C=O) groups excluding carboxylic acids is 1. The molecule has 0 saturated carbocycles. The lowest BCUT2D eigenvalue weighted by molar-refractivity contribution is -0.128. The Morgan fingerprint density at radius 3 is 2.78 bits per heavy atom. The van der Waals surface area contributed by atoms with Crippen molar-refractivity contribution in [3.63, 3.8) is 0 Å². The smallest absolute Gasteiger partial charge is 0.224 e. The number of hydrogen-bond acceptors (Lipinski definition) is 2. The zero-order chi connectivity index (χ0) is 13.3. The summed E-state index contributed by atoms with van der Waals surface area (Å²) in [5, 5.41) is 0.727. The van der Waals surface area contributed by atoms with Gasteiger partial charge in [0.05, 0.1) is 0 Å². The van der Waals surface area contributed by atoms with Gasteiger partial charge in [-0.15, -0.1) is 0 Å². The molecule has 4 heteroatoms. The molecular formula is C14H19ClN2O. The Kier molecular flexibility index (Phi) is 3.64. The SMILES string of the molecule is CC(C)(CN1CC(N)CC1=O)c1cccc(Cl)c1. The molecule has 1 aromatic rings. The van der Waals surface area contributed by atoms with Gasteiger partial charge in [0.1, 0.15) is 0 Å². The summed E-state index contributed by atoms with van der Waals surface area (Å²) >= 11 is 6.02. The van der Waals surface area contributed by atoms with Gasteiger partial charge in [-0.05, 0) is 17.7 Å². The summed E-state index contributed by atoms with van der Waals surface area (Å²) in [6, 6.07) is 7.79. The Balaban J connectivity index is 2.14. The van der Waals surface area contributed by atoms with Crippen LogP contribution in [0, 0.1) is 0 Å². The highest BCUT2D eigenvalue weighted by Gasteiger charge is 2.32. The predicted octanol–water partition coefficient (Wildman–Crippen LogP) is 2.18. The molecule has 1 saturated heterocycles. The van der Waals surface area contributed by atoms with Crippen LogP contribution in [0.2, 0.25) is 5.02 Å². The highest BCUT2D eigenvalue weighted by atomic mass is 35.5. The highest BCUT2D eigenvalue weighted by Crippen LogP contribution is 2.28. The Morgan fingerprint density at radius 1 is 1.50 bits per heavy atom. The van der Waals surface area contributed by atoms with E-state index in [0.29, 0.717) is 19.5 Å². The molecule has 1 atom stereocenters. The summed E-state index contributed by atoms with van der Waals surface area (Å²) in [7, 11) is 0. The maximum Gasteiger partial charge on any atom is 0.224 e. The van der Waals surface area contributed by atoms with Gasteiger partial charge in [-0.2, -0.15) is 0 Å². The van der Waals surface area contributed by atoms with Crippen LogP contribution in [0.4, 0.5) is 0 Å². The van der Waals surface area contributed by atoms with Crippen molar-refractivity contribution in [2.24, 2.45) is 5.73 Å². The van der Waals surface area contributed by atoms with Crippen molar-refractivity contribution in [3.05, 3.63) is 34.9 Å². The van der Waals surface area contributed by atoms with Crippen LogP contribution in [0.5, 0.6) is 0 Å². The number of amides is 1. The Labute approximate surface area is 113 Å². The molecule has 1 aliphatic rings. The van der Waals surface area contributed by atoms with Gasteiger partial charge in [0.2, 0.25) is 5.91 Å². The molecule has 0 aromatic heterocycles. The molecule has 1 fully saturated rings. The summed E-state index contributed by atoms with van der Waals surface area (Å²) in [5.74, 6) is 0.151. The lowest BCUT2D eigenvalue weighted by atomic mass is 9.84. The lowest BCUT2D eigenvalue weighted by Gasteiger charge is -2.31. The molecule has 0 radical (unpaired) electrons. The number of hydrogen-bond donors (Lipinski definition) is 1. The molecule has 2 rings (SSSR count). The van der Waals surface area contributed by atoms with E-state index in [1.165, 1.54) is 0 Å². The van der Waals surface area contributed by atoms with Gasteiger partial charge in [-0.1, -0.05) is 37.6 Å². The van der Waals surface area contributed by atoms with Gasteiger partial charge in [0.25, 0.3) is 0 Å². The first-order chi connectivity index (χ1) is 8.38. The first kappa shape index (κ1) is 13.4. The van der Waals surface area contributed by atoms with Crippen LogP contribution in [0.25, 0.3) is 0 Å². The van der Waals surface area contributed by atoms with Crippen LogP contribution >= 0.6 is 11.6 Å². The van der Waals surface area contributed by atoms with Crippen LogP contribution in [0.3, 0.4) is 0 Å². The third-order valence-electron chi connectivity index (χ3n) is 3.44. The minimum absolute atomic E-state index is 0.0207. The maximum atomic E-state index is 11.8. The standard InChI is InChI=1S/C14H19ClN2O/c1-14(2,10-4-3-5-11(15)6-10)9-17-8-12(16)7-13(17)18/h3-6,12H,7-9,16H2,1-2H3. The molecule has 1 amide bonds. The van der Waals surface area contributed by atoms with E-state index in [2.05, 4.69) is 13.8 Å². The molecule has 18 heavy (non-hydrogen) atoms. The van der Waals surface area contributed by atoms with Gasteiger partial charge in [0, 0.05) is 36.0 Å². The lowest BCUT2D eigenvalue weighted by Crippen LogP contribution is -2.39. The van der Waals surface area contributed by atoms with Gasteiger partial charge in [-0.25, -0.2) is 0 Å². The van der Waals surface area contributed by atoms with Crippen LogP contribution in [0.1, 0.15) is 25.8 Å². The number of nitrogens with two attached hydrogens (primary N) is 1. The van der Waals surface area contributed by atoms with Crippen LogP contribution in [-0.4, -0.2) is 29.9 Å². The molecule has 1 aliphatic heterocycles. The van der Waals surface area contributed by atoms with Crippen molar-refractivity contribution >= 4 is 17.5 Å². The molecule has 0 aliphatic carbocycles. The first-order valence-corrected chi connectivity index (χ1v) is 6.56. The zero-order valence-corrected chi connectivity index (χ0v) is 11.6. The summed E-state index contributed by atoms with van der Waals surface area (Å²) < 4.78 is 0. The fourth-order valence-corrected chi connectivity index (χ4v) is 2.62. The average Bonchev–Trinajstić information content (AvgIpc) is 2.56. The van der Waals surface area contributed by atoms with Gasteiger partial charge < -0.3 is 10.6 Å². The summed E-state index contributed by atoms with van der Waals surface area (Å²) in [6.07, 6.45) is 0.464. The molecule has 1 unspecified atom stereocenters. The second kappa shape index (κ2) is 4.90. The largest absolute Gasteiger partial charge is 0.340 e. The van der Waals surface area contributed by atoms with Crippen molar-refractivity contribution in [2.75, 3.05) is 13.1 Å². The summed E-state index contributed by atoms with van der Waals surface area (Å²) in [6.45, 7) is 5.58. The Morgan fingerprint density at radius 2 is 2.22 bits per heavy atom. The minimum atomic E-state index is -0.120. The van der Waals surface area contributed by atoms with Gasteiger partial charge in [0.15, 0.2) is 0 Å². The van der Waals surface area contributed by atoms with Crippen molar-refractivity contribution in [2.45, 2.75) is 31.7 Å². The second-order valence-electron chi connectivity index (χ2n) is 5.63. The topological polar surface area (TPSA) is 46.3 Å². The molecular weight excluding hydrogens is 248 g/mol. The normalized spacial score (nSPS) is 20.6. The van der Waals surface area contributed by atoms with Crippen LogP contribution < -0.4 is 5.73 Å². The molecule has 3 nitrogen and oxygen atoms in total. The second-order valence-corrected chi connectivity index (χ2v) is 6.07. The van der Waals surface area contributed by atoms with Crippen LogP contribution in [-0.2, 0) is 10.2 Å².